The van der Waals surface area contributed by atoms with Crippen LogP contribution in [0.3, 0.4) is 0 Å². The van der Waals surface area contributed by atoms with Gasteiger partial charge in [0.2, 0.25) is 11.8 Å². The van der Waals surface area contributed by atoms with Gasteiger partial charge in [0.1, 0.15) is 29.5 Å². The van der Waals surface area contributed by atoms with Gasteiger partial charge in [0.15, 0.2) is 9.84 Å². The minimum absolute atomic E-state index is 0.0104. The lowest BCUT2D eigenvalue weighted by Crippen LogP contribution is -2.39. The molecule has 0 fully saturated rings. The molecule has 3 aromatic heterocycles. The van der Waals surface area contributed by atoms with E-state index in [2.05, 4.69) is 15.1 Å². The van der Waals surface area contributed by atoms with Gasteiger partial charge in [0.25, 0.3) is 0 Å². The number of alkyl halides is 3. The van der Waals surface area contributed by atoms with Crippen molar-refractivity contribution in [3.8, 4) is 17.1 Å². The zero-order valence-electron chi connectivity index (χ0n) is 18.8. The average molecular weight is 510 g/mol. The van der Waals surface area contributed by atoms with E-state index in [0.29, 0.717) is 41.4 Å². The standard InChI is InChI=1S/C22H21F3N4O5S/c1-13-17(21(28-34-13)15-3-4-18(26-8-15)22(23,24)25)11-33-19-7-14-5-6-29(10-16(14)9-27-19)20(30)12-35(2,31)32/h3-4,7-9H,5-6,10-12H2,1-2H3. The van der Waals surface area contributed by atoms with Crippen LogP contribution in [0.5, 0.6) is 5.88 Å². The van der Waals surface area contributed by atoms with E-state index in [-0.39, 0.29) is 13.2 Å². The van der Waals surface area contributed by atoms with E-state index in [4.69, 9.17) is 9.26 Å². The van der Waals surface area contributed by atoms with E-state index < -0.39 is 33.4 Å². The molecule has 1 aliphatic heterocycles. The summed E-state index contributed by atoms with van der Waals surface area (Å²) in [6.45, 7) is 2.30. The van der Waals surface area contributed by atoms with Crippen LogP contribution in [0.1, 0.15) is 28.1 Å². The number of aryl methyl sites for hydroxylation is 1. The van der Waals surface area contributed by atoms with Crippen LogP contribution in [-0.4, -0.2) is 52.9 Å². The number of carbonyl (C=O) groups excluding carboxylic acids is 1. The van der Waals surface area contributed by atoms with Gasteiger partial charge in [-0.3, -0.25) is 9.78 Å². The Labute approximate surface area is 198 Å². The van der Waals surface area contributed by atoms with E-state index in [0.717, 1.165) is 29.6 Å². The highest BCUT2D eigenvalue weighted by Crippen LogP contribution is 2.31. The van der Waals surface area contributed by atoms with Gasteiger partial charge < -0.3 is 14.2 Å². The maximum atomic E-state index is 12.8. The topological polar surface area (TPSA) is 115 Å². The van der Waals surface area contributed by atoms with E-state index in [1.165, 1.54) is 11.0 Å². The summed E-state index contributed by atoms with van der Waals surface area (Å²) in [5.41, 5.74) is 1.93. The van der Waals surface area contributed by atoms with Crippen LogP contribution in [-0.2, 0) is 40.4 Å². The highest BCUT2D eigenvalue weighted by Gasteiger charge is 2.32. The fraction of sp³-hybridized carbons (Fsp3) is 0.364. The molecule has 0 aromatic carbocycles. The Morgan fingerprint density at radius 2 is 1.97 bits per heavy atom. The van der Waals surface area contributed by atoms with E-state index in [9.17, 15) is 26.4 Å². The lowest BCUT2D eigenvalue weighted by molar-refractivity contribution is -0.141. The molecule has 9 nitrogen and oxygen atoms in total. The quantitative estimate of drug-likeness (QED) is 0.497. The van der Waals surface area contributed by atoms with Gasteiger partial charge in [-0.25, -0.2) is 13.4 Å². The maximum absolute atomic E-state index is 12.8. The smallest absolute Gasteiger partial charge is 0.433 e. The summed E-state index contributed by atoms with van der Waals surface area (Å²) in [5, 5.41) is 3.93. The number of fused-ring (bicyclic) bond motifs is 1. The molecule has 0 N–H and O–H groups in total. The zero-order chi connectivity index (χ0) is 25.4. The van der Waals surface area contributed by atoms with Crippen molar-refractivity contribution in [2.75, 3.05) is 18.6 Å². The Hall–Kier alpha value is -3.48. The van der Waals surface area contributed by atoms with Gasteiger partial charge in [-0.2, -0.15) is 13.2 Å². The van der Waals surface area contributed by atoms with Crippen molar-refractivity contribution in [1.82, 2.24) is 20.0 Å². The number of carbonyl (C=O) groups is 1. The normalized spacial score (nSPS) is 14.0. The Morgan fingerprint density at radius 3 is 2.63 bits per heavy atom. The summed E-state index contributed by atoms with van der Waals surface area (Å²) >= 11 is 0. The summed E-state index contributed by atoms with van der Waals surface area (Å²) in [5.74, 6) is -0.229. The minimum atomic E-state index is -4.54. The molecule has 1 amide bonds. The van der Waals surface area contributed by atoms with Crippen molar-refractivity contribution in [2.24, 2.45) is 0 Å². The Bertz CT molecular complexity index is 1350. The Morgan fingerprint density at radius 1 is 1.20 bits per heavy atom. The minimum Gasteiger partial charge on any atom is -0.473 e. The second kappa shape index (κ2) is 9.29. The number of sulfone groups is 1. The highest BCUT2D eigenvalue weighted by atomic mass is 32.2. The number of rotatable bonds is 6. The zero-order valence-corrected chi connectivity index (χ0v) is 19.6. The van der Waals surface area contributed by atoms with Crippen molar-refractivity contribution in [2.45, 2.75) is 32.7 Å². The molecular formula is C22H21F3N4O5S. The summed E-state index contributed by atoms with van der Waals surface area (Å²) in [6, 6.07) is 3.89. The van der Waals surface area contributed by atoms with Crippen molar-refractivity contribution in [3.05, 3.63) is 58.7 Å². The van der Waals surface area contributed by atoms with Gasteiger partial charge in [-0.05, 0) is 36.6 Å². The van der Waals surface area contributed by atoms with Crippen LogP contribution in [0.4, 0.5) is 13.2 Å². The molecule has 1 aliphatic rings. The number of pyridine rings is 2. The Kier molecular flexibility index (Phi) is 6.54. The van der Waals surface area contributed by atoms with Crippen LogP contribution >= 0.6 is 0 Å². The molecule has 0 unspecified atom stereocenters. The third-order valence-corrected chi connectivity index (χ3v) is 6.26. The van der Waals surface area contributed by atoms with Crippen LogP contribution in [0.15, 0.2) is 35.1 Å². The fourth-order valence-corrected chi connectivity index (χ4v) is 4.29. The molecule has 4 heterocycles. The van der Waals surface area contributed by atoms with Gasteiger partial charge >= 0.3 is 6.18 Å². The van der Waals surface area contributed by atoms with E-state index in [1.54, 1.807) is 19.2 Å². The number of hydrogen-bond donors (Lipinski definition) is 0. The summed E-state index contributed by atoms with van der Waals surface area (Å²) in [4.78, 5) is 21.4. The number of ether oxygens (including phenoxy) is 1. The van der Waals surface area contributed by atoms with Gasteiger partial charge in [0.05, 0.1) is 5.56 Å². The number of hydrogen-bond acceptors (Lipinski definition) is 8. The van der Waals surface area contributed by atoms with Crippen LogP contribution in [0.2, 0.25) is 0 Å². The molecule has 0 atom stereocenters. The monoisotopic (exact) mass is 510 g/mol. The molecule has 0 spiro atoms. The first-order valence-electron chi connectivity index (χ1n) is 10.5. The highest BCUT2D eigenvalue weighted by molar-refractivity contribution is 7.91. The number of aromatic nitrogens is 3. The van der Waals surface area contributed by atoms with Gasteiger partial charge in [-0.15, -0.1) is 0 Å². The first-order chi connectivity index (χ1) is 16.4. The molecule has 0 aliphatic carbocycles. The van der Waals surface area contributed by atoms with Crippen LogP contribution in [0.25, 0.3) is 11.3 Å². The van der Waals surface area contributed by atoms with Crippen molar-refractivity contribution in [3.63, 3.8) is 0 Å². The fourth-order valence-electron chi connectivity index (χ4n) is 3.66. The van der Waals surface area contributed by atoms with Crippen LogP contribution < -0.4 is 4.74 Å². The number of halogens is 3. The molecule has 186 valence electrons. The van der Waals surface area contributed by atoms with E-state index >= 15 is 0 Å². The predicted molar refractivity (Wildman–Crippen MR) is 117 cm³/mol. The molecule has 0 radical (unpaired) electrons. The summed E-state index contributed by atoms with van der Waals surface area (Å²) < 4.78 is 72.2. The number of amides is 1. The lowest BCUT2D eigenvalue weighted by Gasteiger charge is -2.28. The third kappa shape index (κ3) is 5.78. The SMILES string of the molecule is Cc1onc(-c2ccc(C(F)(F)F)nc2)c1COc1cc2c(cn1)CN(C(=O)CS(C)(=O)=O)CC2. The summed E-state index contributed by atoms with van der Waals surface area (Å²) in [7, 11) is -3.42. The molecule has 3 aromatic rings. The average Bonchev–Trinajstić information content (AvgIpc) is 3.15. The van der Waals surface area contributed by atoms with Crippen molar-refractivity contribution >= 4 is 15.7 Å². The molecule has 0 saturated carbocycles. The van der Waals surface area contributed by atoms with Crippen molar-refractivity contribution < 1.29 is 35.6 Å². The lowest BCUT2D eigenvalue weighted by atomic mass is 10.0. The molecular weight excluding hydrogens is 489 g/mol. The predicted octanol–water partition coefficient (Wildman–Crippen LogP) is 2.97. The van der Waals surface area contributed by atoms with Gasteiger partial charge in [0, 0.05) is 43.4 Å². The molecule has 4 rings (SSSR count). The third-order valence-electron chi connectivity index (χ3n) is 5.48. The second-order valence-corrected chi connectivity index (χ2v) is 10.4. The molecule has 13 heteroatoms. The van der Waals surface area contributed by atoms with Crippen molar-refractivity contribution in [1.29, 1.82) is 0 Å². The second-order valence-electron chi connectivity index (χ2n) is 8.21. The van der Waals surface area contributed by atoms with Crippen LogP contribution in [0, 0.1) is 6.92 Å². The molecule has 35 heavy (non-hydrogen) atoms. The molecule has 0 saturated heterocycles. The Balaban J connectivity index is 1.45. The maximum Gasteiger partial charge on any atom is 0.433 e. The van der Waals surface area contributed by atoms with Gasteiger partial charge in [-0.1, -0.05) is 5.16 Å². The first-order valence-corrected chi connectivity index (χ1v) is 12.5. The van der Waals surface area contributed by atoms with E-state index in [1.807, 2.05) is 0 Å². The molecule has 0 bridgehead atoms. The first kappa shape index (κ1) is 24.6. The number of nitrogens with zero attached hydrogens (tertiary/aromatic N) is 4. The summed E-state index contributed by atoms with van der Waals surface area (Å²) in [6.07, 6.45) is -0.354. The largest absolute Gasteiger partial charge is 0.473 e.